The number of hydrogen-bond acceptors (Lipinski definition) is 0. The van der Waals surface area contributed by atoms with E-state index >= 15 is 0 Å². The van der Waals surface area contributed by atoms with Crippen molar-refractivity contribution in [1.29, 1.82) is 0 Å². The summed E-state index contributed by atoms with van der Waals surface area (Å²) in [6, 6.07) is 10.2. The van der Waals surface area contributed by atoms with Crippen molar-refractivity contribution in [2.24, 2.45) is 0 Å². The molecule has 100 valence electrons. The first kappa shape index (κ1) is 14.1. The minimum absolute atomic E-state index is 0.100. The van der Waals surface area contributed by atoms with Crippen molar-refractivity contribution in [1.82, 2.24) is 0 Å². The van der Waals surface area contributed by atoms with Crippen LogP contribution in [0.3, 0.4) is 0 Å². The normalized spacial score (nSPS) is 12.5. The van der Waals surface area contributed by atoms with Crippen molar-refractivity contribution in [2.75, 3.05) is 12.0 Å². The molecule has 0 saturated heterocycles. The van der Waals surface area contributed by atoms with Crippen LogP contribution in [0.25, 0.3) is 11.1 Å². The monoisotopic (exact) mass is 279 g/mol. The maximum atomic E-state index is 14.6. The largest absolute Gasteiger partial charge is 0.206 e. The molecule has 3 heteroatoms. The van der Waals surface area contributed by atoms with Crippen LogP contribution in [0.5, 0.6) is 0 Å². The zero-order valence-electron chi connectivity index (χ0n) is 11.3. The molecular weight excluding hydrogens is 262 g/mol. The van der Waals surface area contributed by atoms with Gasteiger partial charge in [0.1, 0.15) is 17.8 Å². The molecular formula is C16H17F2S+. The Balaban J connectivity index is 2.67. The summed E-state index contributed by atoms with van der Waals surface area (Å²) in [4.78, 5) is 0.613. The maximum absolute atomic E-state index is 14.6. The summed E-state index contributed by atoms with van der Waals surface area (Å²) in [5.74, 6) is -0.0545. The van der Waals surface area contributed by atoms with Crippen molar-refractivity contribution in [2.45, 2.75) is 18.7 Å². The Morgan fingerprint density at radius 1 is 1.05 bits per heavy atom. The smallest absolute Gasteiger partial charge is 0.191 e. The summed E-state index contributed by atoms with van der Waals surface area (Å²) >= 11 is 0. The molecule has 1 atom stereocenters. The second kappa shape index (κ2) is 5.74. The molecule has 1 unspecified atom stereocenters. The fourth-order valence-electron chi connectivity index (χ4n) is 2.06. The number of rotatable bonds is 3. The van der Waals surface area contributed by atoms with Crippen molar-refractivity contribution in [3.8, 4) is 11.1 Å². The molecule has 0 aliphatic carbocycles. The van der Waals surface area contributed by atoms with E-state index in [0.29, 0.717) is 10.5 Å². The highest BCUT2D eigenvalue weighted by Crippen LogP contribution is 2.32. The van der Waals surface area contributed by atoms with Gasteiger partial charge in [0.2, 0.25) is 0 Å². The molecule has 0 nitrogen and oxygen atoms in total. The van der Waals surface area contributed by atoms with Crippen LogP contribution in [0.2, 0.25) is 0 Å². The summed E-state index contributed by atoms with van der Waals surface area (Å²) < 4.78 is 28.6. The Kier molecular flexibility index (Phi) is 4.25. The van der Waals surface area contributed by atoms with E-state index in [9.17, 15) is 8.78 Å². The second-order valence-corrected chi connectivity index (χ2v) is 6.77. The lowest BCUT2D eigenvalue weighted by Crippen LogP contribution is -2.07. The molecule has 0 aromatic heterocycles. The van der Waals surface area contributed by atoms with E-state index in [-0.39, 0.29) is 16.5 Å². The molecule has 0 aliphatic heterocycles. The lowest BCUT2D eigenvalue weighted by atomic mass is 10.00. The number of halogens is 2. The molecule has 0 bridgehead atoms. The van der Waals surface area contributed by atoms with Gasteiger partial charge < -0.3 is 0 Å². The minimum Gasteiger partial charge on any atom is -0.206 e. The molecule has 0 heterocycles. The van der Waals surface area contributed by atoms with Gasteiger partial charge in [-0.2, -0.15) is 0 Å². The Hall–Kier alpha value is -1.35. The first-order chi connectivity index (χ1) is 9.06. The second-order valence-electron chi connectivity index (χ2n) is 4.48. The molecule has 0 spiro atoms. The Labute approximate surface area is 115 Å². The van der Waals surface area contributed by atoms with Crippen molar-refractivity contribution < 1.29 is 8.78 Å². The first-order valence-electron chi connectivity index (χ1n) is 6.22. The van der Waals surface area contributed by atoms with Gasteiger partial charge in [0.05, 0.1) is 5.56 Å². The first-order valence-corrected chi connectivity index (χ1v) is 8.03. The molecule has 0 fully saturated rings. The zero-order chi connectivity index (χ0) is 14.0. The standard InChI is InChI=1S/C16H17F2S/c1-4-19(3)14-10-9-13(17)15(16(14)18)12-8-6-5-7-11(12)2/h5-10H,4H2,1-3H3/q+1. The van der Waals surface area contributed by atoms with E-state index in [0.717, 1.165) is 11.3 Å². The molecule has 0 N–H and O–H groups in total. The van der Waals surface area contributed by atoms with E-state index in [1.165, 1.54) is 6.07 Å². The van der Waals surface area contributed by atoms with E-state index in [4.69, 9.17) is 0 Å². The molecule has 0 aliphatic rings. The molecule has 0 radical (unpaired) electrons. The number of aryl methyl sites for hydroxylation is 1. The summed E-state index contributed by atoms with van der Waals surface area (Å²) in [6.07, 6.45) is 1.98. The van der Waals surface area contributed by atoms with Crippen LogP contribution in [0.15, 0.2) is 41.3 Å². The summed E-state index contributed by atoms with van der Waals surface area (Å²) in [5, 5.41) is 0. The van der Waals surface area contributed by atoms with Crippen molar-refractivity contribution in [3.05, 3.63) is 53.6 Å². The highest BCUT2D eigenvalue weighted by atomic mass is 32.2. The highest BCUT2D eigenvalue weighted by molar-refractivity contribution is 7.96. The fraction of sp³-hybridized carbons (Fsp3) is 0.250. The van der Waals surface area contributed by atoms with E-state index in [1.54, 1.807) is 18.2 Å². The maximum Gasteiger partial charge on any atom is 0.191 e. The average molecular weight is 279 g/mol. The van der Waals surface area contributed by atoms with E-state index < -0.39 is 11.6 Å². The van der Waals surface area contributed by atoms with E-state index in [2.05, 4.69) is 0 Å². The third-order valence-corrected chi connectivity index (χ3v) is 5.21. The van der Waals surface area contributed by atoms with Crippen LogP contribution in [0.4, 0.5) is 8.78 Å². The van der Waals surface area contributed by atoms with Crippen LogP contribution in [0, 0.1) is 18.6 Å². The lowest BCUT2D eigenvalue weighted by molar-refractivity contribution is 0.571. The zero-order valence-corrected chi connectivity index (χ0v) is 12.2. The number of benzene rings is 2. The SMILES string of the molecule is CC[S+](C)c1ccc(F)c(-c2ccccc2C)c1F. The molecule has 19 heavy (non-hydrogen) atoms. The van der Waals surface area contributed by atoms with Crippen LogP contribution in [-0.4, -0.2) is 12.0 Å². The lowest BCUT2D eigenvalue weighted by Gasteiger charge is -2.10. The predicted molar refractivity (Wildman–Crippen MR) is 78.6 cm³/mol. The molecule has 2 aromatic carbocycles. The van der Waals surface area contributed by atoms with Gasteiger partial charge in [0, 0.05) is 10.9 Å². The predicted octanol–water partition coefficient (Wildman–Crippen LogP) is 4.57. The minimum atomic E-state index is -0.497. The Morgan fingerprint density at radius 2 is 1.74 bits per heavy atom. The quantitative estimate of drug-likeness (QED) is 0.722. The topological polar surface area (TPSA) is 0 Å². The average Bonchev–Trinajstić information content (AvgIpc) is 2.40. The summed E-state index contributed by atoms with van der Waals surface area (Å²) in [5.41, 5.74) is 1.61. The summed E-state index contributed by atoms with van der Waals surface area (Å²) in [6.45, 7) is 3.88. The molecule has 0 amide bonds. The van der Waals surface area contributed by atoms with Crippen molar-refractivity contribution >= 4 is 10.9 Å². The summed E-state index contributed by atoms with van der Waals surface area (Å²) in [7, 11) is -0.193. The van der Waals surface area contributed by atoms with Gasteiger partial charge in [-0.3, -0.25) is 0 Å². The third kappa shape index (κ3) is 2.66. The van der Waals surface area contributed by atoms with Gasteiger partial charge in [-0.1, -0.05) is 24.3 Å². The van der Waals surface area contributed by atoms with Crippen LogP contribution in [0.1, 0.15) is 12.5 Å². The molecule has 2 aromatic rings. The van der Waals surface area contributed by atoms with Gasteiger partial charge in [0.25, 0.3) is 0 Å². The number of hydrogen-bond donors (Lipinski definition) is 0. The Bertz CT molecular complexity index is 593. The third-order valence-electron chi connectivity index (χ3n) is 3.28. The van der Waals surface area contributed by atoms with Crippen LogP contribution >= 0.6 is 0 Å². The van der Waals surface area contributed by atoms with Gasteiger partial charge in [-0.15, -0.1) is 0 Å². The Morgan fingerprint density at radius 3 is 2.37 bits per heavy atom. The van der Waals surface area contributed by atoms with Gasteiger partial charge in [0.15, 0.2) is 10.7 Å². The highest BCUT2D eigenvalue weighted by Gasteiger charge is 2.24. The van der Waals surface area contributed by atoms with Crippen LogP contribution < -0.4 is 0 Å². The van der Waals surface area contributed by atoms with E-state index in [1.807, 2.05) is 32.2 Å². The van der Waals surface area contributed by atoms with Crippen molar-refractivity contribution in [3.63, 3.8) is 0 Å². The van der Waals surface area contributed by atoms with Gasteiger partial charge in [-0.05, 0) is 37.1 Å². The van der Waals surface area contributed by atoms with Gasteiger partial charge in [-0.25, -0.2) is 8.78 Å². The van der Waals surface area contributed by atoms with Crippen LogP contribution in [-0.2, 0) is 10.9 Å². The molecule has 2 rings (SSSR count). The van der Waals surface area contributed by atoms with Gasteiger partial charge >= 0.3 is 0 Å². The fourth-order valence-corrected chi connectivity index (χ4v) is 3.08. The molecule has 0 saturated carbocycles.